The van der Waals surface area contributed by atoms with Gasteiger partial charge in [0, 0.05) is 25.8 Å². The van der Waals surface area contributed by atoms with Gasteiger partial charge >= 0.3 is 5.97 Å². The van der Waals surface area contributed by atoms with Crippen molar-refractivity contribution in [3.63, 3.8) is 0 Å². The van der Waals surface area contributed by atoms with Crippen LogP contribution in [0.25, 0.3) is 0 Å². The lowest BCUT2D eigenvalue weighted by Crippen LogP contribution is -2.30. The molecule has 1 heterocycles. The minimum absolute atomic E-state index is 0.00523. The van der Waals surface area contributed by atoms with Crippen molar-refractivity contribution in [2.45, 2.75) is 6.54 Å². The van der Waals surface area contributed by atoms with E-state index in [2.05, 4.69) is 15.6 Å². The average molecular weight is 209 g/mol. The normalized spacial score (nSPS) is 10.1. The molecule has 1 aromatic rings. The Morgan fingerprint density at radius 1 is 1.33 bits per heavy atom. The number of aliphatic carboxylic acids is 1. The van der Waals surface area contributed by atoms with Crippen molar-refractivity contribution < 1.29 is 9.90 Å². The number of nitrogens with one attached hydrogen (secondary N) is 2. The zero-order valence-electron chi connectivity index (χ0n) is 8.44. The molecule has 15 heavy (non-hydrogen) atoms. The molecule has 0 atom stereocenters. The third-order valence-electron chi connectivity index (χ3n) is 1.79. The van der Waals surface area contributed by atoms with Gasteiger partial charge in [0.25, 0.3) is 0 Å². The molecule has 1 aromatic heterocycles. The molecule has 5 heteroatoms. The van der Waals surface area contributed by atoms with Crippen molar-refractivity contribution in [1.82, 2.24) is 15.6 Å². The van der Waals surface area contributed by atoms with E-state index in [0.717, 1.165) is 12.2 Å². The molecule has 0 amide bonds. The smallest absolute Gasteiger partial charge is 0.317 e. The Labute approximate surface area is 88.5 Å². The van der Waals surface area contributed by atoms with Gasteiger partial charge in [-0.1, -0.05) is 6.07 Å². The van der Waals surface area contributed by atoms with Crippen LogP contribution in [0.1, 0.15) is 5.69 Å². The SMILES string of the molecule is O=C(O)CNCCNCc1ccccn1. The summed E-state index contributed by atoms with van der Waals surface area (Å²) in [5.41, 5.74) is 0.982. The van der Waals surface area contributed by atoms with E-state index in [9.17, 15) is 4.79 Å². The number of aromatic nitrogens is 1. The highest BCUT2D eigenvalue weighted by atomic mass is 16.4. The maximum absolute atomic E-state index is 10.2. The molecular formula is C10H15N3O2. The third kappa shape index (κ3) is 5.77. The Balaban J connectivity index is 2.00. The number of nitrogens with zero attached hydrogens (tertiary/aromatic N) is 1. The van der Waals surface area contributed by atoms with Gasteiger partial charge in [-0.25, -0.2) is 0 Å². The van der Waals surface area contributed by atoms with Gasteiger partial charge in [-0.15, -0.1) is 0 Å². The van der Waals surface area contributed by atoms with Gasteiger partial charge in [0.2, 0.25) is 0 Å². The molecule has 0 aromatic carbocycles. The molecule has 0 saturated carbocycles. The van der Waals surface area contributed by atoms with Crippen molar-refractivity contribution in [2.24, 2.45) is 0 Å². The largest absolute Gasteiger partial charge is 0.480 e. The number of hydrogen-bond acceptors (Lipinski definition) is 4. The first-order valence-corrected chi connectivity index (χ1v) is 4.82. The van der Waals surface area contributed by atoms with Crippen LogP contribution >= 0.6 is 0 Å². The van der Waals surface area contributed by atoms with Gasteiger partial charge in [0.1, 0.15) is 0 Å². The van der Waals surface area contributed by atoms with Crippen LogP contribution in [-0.2, 0) is 11.3 Å². The summed E-state index contributed by atoms with van der Waals surface area (Å²) in [4.78, 5) is 14.3. The lowest BCUT2D eigenvalue weighted by molar-refractivity contribution is -0.135. The molecular weight excluding hydrogens is 194 g/mol. The second-order valence-electron chi connectivity index (χ2n) is 3.07. The van der Waals surface area contributed by atoms with E-state index in [0.29, 0.717) is 13.1 Å². The van der Waals surface area contributed by atoms with Gasteiger partial charge in [-0.2, -0.15) is 0 Å². The third-order valence-corrected chi connectivity index (χ3v) is 1.79. The molecule has 0 spiro atoms. The van der Waals surface area contributed by atoms with Crippen molar-refractivity contribution in [1.29, 1.82) is 0 Å². The quantitative estimate of drug-likeness (QED) is 0.544. The molecule has 82 valence electrons. The maximum atomic E-state index is 10.2. The Morgan fingerprint density at radius 2 is 2.13 bits per heavy atom. The maximum Gasteiger partial charge on any atom is 0.317 e. The van der Waals surface area contributed by atoms with Crippen LogP contribution in [0.5, 0.6) is 0 Å². The summed E-state index contributed by atoms with van der Waals surface area (Å²) < 4.78 is 0. The molecule has 0 bridgehead atoms. The second kappa shape index (κ2) is 6.92. The van der Waals surface area contributed by atoms with Gasteiger partial charge in [0.15, 0.2) is 0 Å². The Morgan fingerprint density at radius 3 is 2.80 bits per heavy atom. The molecule has 0 saturated heterocycles. The average Bonchev–Trinajstić information content (AvgIpc) is 2.24. The van der Waals surface area contributed by atoms with Crippen LogP contribution in [0.3, 0.4) is 0 Å². The van der Waals surface area contributed by atoms with Gasteiger partial charge in [-0.3, -0.25) is 9.78 Å². The molecule has 0 fully saturated rings. The van der Waals surface area contributed by atoms with Crippen LogP contribution in [0.2, 0.25) is 0 Å². The highest BCUT2D eigenvalue weighted by molar-refractivity contribution is 5.68. The summed E-state index contributed by atoms with van der Waals surface area (Å²) in [7, 11) is 0. The number of carbonyl (C=O) groups is 1. The van der Waals surface area contributed by atoms with Crippen LogP contribution < -0.4 is 10.6 Å². The molecule has 0 aliphatic heterocycles. The lowest BCUT2D eigenvalue weighted by atomic mass is 10.3. The zero-order valence-corrected chi connectivity index (χ0v) is 8.44. The molecule has 1 rings (SSSR count). The van der Waals surface area contributed by atoms with Crippen molar-refractivity contribution >= 4 is 5.97 Å². The number of pyridine rings is 1. The molecule has 0 radical (unpaired) electrons. The molecule has 3 N–H and O–H groups in total. The van der Waals surface area contributed by atoms with Crippen LogP contribution in [0.15, 0.2) is 24.4 Å². The van der Waals surface area contributed by atoms with Crippen LogP contribution in [0, 0.1) is 0 Å². The Bertz CT molecular complexity index is 290. The highest BCUT2D eigenvalue weighted by Crippen LogP contribution is 1.90. The number of hydrogen-bond donors (Lipinski definition) is 3. The van der Waals surface area contributed by atoms with E-state index in [-0.39, 0.29) is 6.54 Å². The first-order valence-electron chi connectivity index (χ1n) is 4.82. The second-order valence-corrected chi connectivity index (χ2v) is 3.07. The van der Waals surface area contributed by atoms with Gasteiger partial charge in [-0.05, 0) is 12.1 Å². The Hall–Kier alpha value is -1.46. The van der Waals surface area contributed by atoms with E-state index in [1.165, 1.54) is 0 Å². The molecule has 5 nitrogen and oxygen atoms in total. The van der Waals surface area contributed by atoms with E-state index < -0.39 is 5.97 Å². The van der Waals surface area contributed by atoms with E-state index in [4.69, 9.17) is 5.11 Å². The van der Waals surface area contributed by atoms with E-state index in [1.807, 2.05) is 18.2 Å². The Kier molecular flexibility index (Phi) is 5.35. The van der Waals surface area contributed by atoms with Crippen molar-refractivity contribution in [3.8, 4) is 0 Å². The first-order chi connectivity index (χ1) is 7.29. The summed E-state index contributed by atoms with van der Waals surface area (Å²) in [6, 6.07) is 5.75. The number of carboxylic acids is 1. The highest BCUT2D eigenvalue weighted by Gasteiger charge is 1.94. The van der Waals surface area contributed by atoms with Crippen LogP contribution in [0.4, 0.5) is 0 Å². The van der Waals surface area contributed by atoms with E-state index in [1.54, 1.807) is 6.20 Å². The number of rotatable bonds is 7. The van der Waals surface area contributed by atoms with E-state index >= 15 is 0 Å². The van der Waals surface area contributed by atoms with Crippen molar-refractivity contribution in [3.05, 3.63) is 30.1 Å². The summed E-state index contributed by atoms with van der Waals surface area (Å²) in [5.74, 6) is -0.834. The topological polar surface area (TPSA) is 74.2 Å². The minimum Gasteiger partial charge on any atom is -0.480 e. The summed E-state index contributed by atoms with van der Waals surface area (Å²) in [5, 5.41) is 14.3. The fraction of sp³-hybridized carbons (Fsp3) is 0.400. The predicted molar refractivity (Wildman–Crippen MR) is 56.4 cm³/mol. The monoisotopic (exact) mass is 209 g/mol. The summed E-state index contributed by atoms with van der Waals surface area (Å²) >= 11 is 0. The molecule has 0 unspecified atom stereocenters. The number of carboxylic acid groups (broad SMARTS) is 1. The van der Waals surface area contributed by atoms with Gasteiger partial charge in [0.05, 0.1) is 12.2 Å². The standard InChI is InChI=1S/C10H15N3O2/c14-10(15)8-12-6-5-11-7-9-3-1-2-4-13-9/h1-4,11-12H,5-8H2,(H,14,15). The minimum atomic E-state index is -0.834. The summed E-state index contributed by atoms with van der Waals surface area (Å²) in [6.07, 6.45) is 1.75. The zero-order chi connectivity index (χ0) is 10.9. The summed E-state index contributed by atoms with van der Waals surface area (Å²) in [6.45, 7) is 2.07. The van der Waals surface area contributed by atoms with Crippen molar-refractivity contribution in [2.75, 3.05) is 19.6 Å². The lowest BCUT2D eigenvalue weighted by Gasteiger charge is -2.04. The fourth-order valence-corrected chi connectivity index (χ4v) is 1.09. The van der Waals surface area contributed by atoms with Crippen LogP contribution in [-0.4, -0.2) is 35.7 Å². The first kappa shape index (κ1) is 11.6. The fourth-order valence-electron chi connectivity index (χ4n) is 1.09. The molecule has 0 aliphatic rings. The van der Waals surface area contributed by atoms with Gasteiger partial charge < -0.3 is 15.7 Å². The molecule has 0 aliphatic carbocycles. The predicted octanol–water partition coefficient (Wildman–Crippen LogP) is -0.155.